The van der Waals surface area contributed by atoms with Crippen LogP contribution >= 0.6 is 0 Å². The zero-order valence-corrected chi connectivity index (χ0v) is 9.77. The first kappa shape index (κ1) is 10.5. The van der Waals surface area contributed by atoms with Crippen LogP contribution in [-0.2, 0) is 7.05 Å². The van der Waals surface area contributed by atoms with Gasteiger partial charge in [-0.25, -0.2) is 4.98 Å². The van der Waals surface area contributed by atoms with Gasteiger partial charge in [-0.15, -0.1) is 0 Å². The molecule has 1 saturated heterocycles. The van der Waals surface area contributed by atoms with Crippen LogP contribution in [0.5, 0.6) is 0 Å². The van der Waals surface area contributed by atoms with E-state index in [0.29, 0.717) is 5.92 Å². The minimum atomic E-state index is 0.274. The molecule has 0 bridgehead atoms. The van der Waals surface area contributed by atoms with Crippen molar-refractivity contribution >= 4 is 5.95 Å². The monoisotopic (exact) mass is 208 g/mol. The van der Waals surface area contributed by atoms with E-state index in [-0.39, 0.29) is 6.04 Å². The van der Waals surface area contributed by atoms with Crippen molar-refractivity contribution in [3.8, 4) is 0 Å². The summed E-state index contributed by atoms with van der Waals surface area (Å²) in [6.07, 6.45) is 3.21. The molecule has 2 N–H and O–H groups in total. The van der Waals surface area contributed by atoms with Gasteiger partial charge in [-0.3, -0.25) is 0 Å². The summed E-state index contributed by atoms with van der Waals surface area (Å²) in [7, 11) is 2.04. The van der Waals surface area contributed by atoms with Crippen LogP contribution in [0.4, 0.5) is 5.95 Å². The number of rotatable bonds is 1. The van der Waals surface area contributed by atoms with Crippen molar-refractivity contribution in [2.75, 3.05) is 18.0 Å². The van der Waals surface area contributed by atoms with Crippen molar-refractivity contribution < 1.29 is 0 Å². The SMILES string of the molecule is Cc1cn(C)c(N2CCC(C)C(N)C2)n1. The molecule has 4 heteroatoms. The third-order valence-electron chi connectivity index (χ3n) is 3.27. The average molecular weight is 208 g/mol. The maximum absolute atomic E-state index is 6.08. The van der Waals surface area contributed by atoms with Crippen molar-refractivity contribution in [1.29, 1.82) is 0 Å². The summed E-state index contributed by atoms with van der Waals surface area (Å²) < 4.78 is 2.08. The highest BCUT2D eigenvalue weighted by atomic mass is 15.3. The second-order valence-corrected chi connectivity index (χ2v) is 4.67. The number of anilines is 1. The van der Waals surface area contributed by atoms with Crippen LogP contribution in [0.1, 0.15) is 19.0 Å². The topological polar surface area (TPSA) is 47.1 Å². The van der Waals surface area contributed by atoms with Gasteiger partial charge in [0.1, 0.15) is 0 Å². The summed E-state index contributed by atoms with van der Waals surface area (Å²) in [4.78, 5) is 6.82. The maximum atomic E-state index is 6.08. The van der Waals surface area contributed by atoms with Crippen molar-refractivity contribution in [2.24, 2.45) is 18.7 Å². The Hall–Kier alpha value is -1.03. The van der Waals surface area contributed by atoms with E-state index in [1.807, 2.05) is 14.0 Å². The molecule has 2 atom stereocenters. The Balaban J connectivity index is 2.15. The van der Waals surface area contributed by atoms with Gasteiger partial charge in [-0.2, -0.15) is 0 Å². The van der Waals surface area contributed by atoms with E-state index in [2.05, 4.69) is 27.6 Å². The first-order valence-electron chi connectivity index (χ1n) is 5.58. The Morgan fingerprint density at radius 2 is 2.27 bits per heavy atom. The normalized spacial score (nSPS) is 27.1. The lowest BCUT2D eigenvalue weighted by atomic mass is 9.94. The van der Waals surface area contributed by atoms with E-state index in [1.54, 1.807) is 0 Å². The van der Waals surface area contributed by atoms with Crippen LogP contribution in [0, 0.1) is 12.8 Å². The molecular weight excluding hydrogens is 188 g/mol. The molecule has 0 aromatic carbocycles. The van der Waals surface area contributed by atoms with E-state index in [9.17, 15) is 0 Å². The van der Waals surface area contributed by atoms with E-state index in [1.165, 1.54) is 0 Å². The zero-order chi connectivity index (χ0) is 11.0. The smallest absolute Gasteiger partial charge is 0.205 e. The van der Waals surface area contributed by atoms with Crippen molar-refractivity contribution in [1.82, 2.24) is 9.55 Å². The van der Waals surface area contributed by atoms with E-state index in [0.717, 1.165) is 31.2 Å². The molecule has 2 heterocycles. The largest absolute Gasteiger partial charge is 0.341 e. The molecule has 84 valence electrons. The molecule has 0 radical (unpaired) electrons. The fourth-order valence-corrected chi connectivity index (χ4v) is 2.18. The number of nitrogens with two attached hydrogens (primary N) is 1. The predicted octanol–water partition coefficient (Wildman–Crippen LogP) is 0.902. The Morgan fingerprint density at radius 3 is 2.80 bits per heavy atom. The number of hydrogen-bond donors (Lipinski definition) is 1. The zero-order valence-electron chi connectivity index (χ0n) is 9.77. The molecule has 0 aliphatic carbocycles. The molecule has 2 rings (SSSR count). The highest BCUT2D eigenvalue weighted by Gasteiger charge is 2.25. The van der Waals surface area contributed by atoms with Crippen molar-refractivity contribution in [3.63, 3.8) is 0 Å². The third kappa shape index (κ3) is 2.00. The molecule has 1 aliphatic rings. The first-order valence-corrected chi connectivity index (χ1v) is 5.58. The summed E-state index contributed by atoms with van der Waals surface area (Å²) in [6, 6.07) is 0.274. The van der Waals surface area contributed by atoms with E-state index >= 15 is 0 Å². The van der Waals surface area contributed by atoms with Crippen LogP contribution in [0.2, 0.25) is 0 Å². The number of hydrogen-bond acceptors (Lipinski definition) is 3. The van der Waals surface area contributed by atoms with Gasteiger partial charge in [0.25, 0.3) is 0 Å². The quantitative estimate of drug-likeness (QED) is 0.746. The Kier molecular flexibility index (Phi) is 2.69. The second kappa shape index (κ2) is 3.85. The number of nitrogens with zero attached hydrogens (tertiary/aromatic N) is 3. The molecule has 0 spiro atoms. The summed E-state index contributed by atoms with van der Waals surface area (Å²) >= 11 is 0. The van der Waals surface area contributed by atoms with Gasteiger partial charge in [-0.1, -0.05) is 6.92 Å². The van der Waals surface area contributed by atoms with Crippen molar-refractivity contribution in [2.45, 2.75) is 26.3 Å². The molecule has 4 nitrogen and oxygen atoms in total. The predicted molar refractivity (Wildman–Crippen MR) is 61.9 cm³/mol. The fourth-order valence-electron chi connectivity index (χ4n) is 2.18. The molecule has 15 heavy (non-hydrogen) atoms. The lowest BCUT2D eigenvalue weighted by Gasteiger charge is -2.35. The van der Waals surface area contributed by atoms with Crippen LogP contribution in [0.15, 0.2) is 6.20 Å². The lowest BCUT2D eigenvalue weighted by Crippen LogP contribution is -2.48. The van der Waals surface area contributed by atoms with Gasteiger partial charge in [0.15, 0.2) is 0 Å². The Morgan fingerprint density at radius 1 is 1.53 bits per heavy atom. The molecule has 1 fully saturated rings. The average Bonchev–Trinajstić information content (AvgIpc) is 2.50. The standard InChI is InChI=1S/C11H20N4/c1-8-4-5-15(7-10(8)12)11-13-9(2)6-14(11)3/h6,8,10H,4-5,7,12H2,1-3H3. The highest BCUT2D eigenvalue weighted by Crippen LogP contribution is 2.21. The molecule has 1 aromatic heterocycles. The minimum absolute atomic E-state index is 0.274. The first-order chi connectivity index (χ1) is 7.08. The van der Waals surface area contributed by atoms with Gasteiger partial charge >= 0.3 is 0 Å². The summed E-state index contributed by atoms with van der Waals surface area (Å²) in [5, 5.41) is 0. The molecule has 1 aliphatic heterocycles. The Labute approximate surface area is 91.1 Å². The number of imidazole rings is 1. The molecule has 2 unspecified atom stereocenters. The summed E-state index contributed by atoms with van der Waals surface area (Å²) in [5.74, 6) is 1.68. The van der Waals surface area contributed by atoms with Gasteiger partial charge in [0.05, 0.1) is 5.69 Å². The molecular formula is C11H20N4. The lowest BCUT2D eigenvalue weighted by molar-refractivity contribution is 0.375. The van der Waals surface area contributed by atoms with Gasteiger partial charge < -0.3 is 15.2 Å². The summed E-state index contributed by atoms with van der Waals surface area (Å²) in [5.41, 5.74) is 7.15. The maximum Gasteiger partial charge on any atom is 0.205 e. The number of aryl methyl sites for hydroxylation is 2. The van der Waals surface area contributed by atoms with E-state index < -0.39 is 0 Å². The number of aromatic nitrogens is 2. The minimum Gasteiger partial charge on any atom is -0.341 e. The van der Waals surface area contributed by atoms with Crippen molar-refractivity contribution in [3.05, 3.63) is 11.9 Å². The van der Waals surface area contributed by atoms with Gasteiger partial charge in [-0.05, 0) is 19.3 Å². The Bertz CT molecular complexity index is 344. The molecule has 0 saturated carbocycles. The van der Waals surface area contributed by atoms with Crippen LogP contribution in [0.25, 0.3) is 0 Å². The van der Waals surface area contributed by atoms with Crippen LogP contribution in [0.3, 0.4) is 0 Å². The number of piperidine rings is 1. The van der Waals surface area contributed by atoms with Gasteiger partial charge in [0, 0.05) is 32.4 Å². The van der Waals surface area contributed by atoms with Gasteiger partial charge in [0.2, 0.25) is 5.95 Å². The highest BCUT2D eigenvalue weighted by molar-refractivity contribution is 5.34. The fraction of sp³-hybridized carbons (Fsp3) is 0.727. The van der Waals surface area contributed by atoms with E-state index in [4.69, 9.17) is 5.73 Å². The second-order valence-electron chi connectivity index (χ2n) is 4.67. The molecule has 0 amide bonds. The third-order valence-corrected chi connectivity index (χ3v) is 3.27. The van der Waals surface area contributed by atoms with Crippen LogP contribution in [-0.4, -0.2) is 28.7 Å². The molecule has 1 aromatic rings. The summed E-state index contributed by atoms with van der Waals surface area (Å²) in [6.45, 7) is 6.24. The van der Waals surface area contributed by atoms with Crippen LogP contribution < -0.4 is 10.6 Å².